The number of hydrogen-bond acceptors (Lipinski definition) is 2. The number of amides is 1. The first-order valence-electron chi connectivity index (χ1n) is 6.67. The Kier molecular flexibility index (Phi) is 4.01. The number of benzene rings is 2. The Hall–Kier alpha value is -2.10. The van der Waals surface area contributed by atoms with Crippen molar-refractivity contribution in [3.05, 3.63) is 70.0 Å². The van der Waals surface area contributed by atoms with E-state index in [1.54, 1.807) is 18.3 Å². The molecule has 0 aliphatic carbocycles. The number of hydrogen-bond donors (Lipinski definition) is 1. The summed E-state index contributed by atoms with van der Waals surface area (Å²) >= 11 is 12.2. The van der Waals surface area contributed by atoms with E-state index in [1.807, 2.05) is 37.3 Å². The van der Waals surface area contributed by atoms with Crippen LogP contribution < -0.4 is 5.32 Å². The number of nitrogens with zero attached hydrogens (tertiary/aromatic N) is 1. The molecule has 0 radical (unpaired) electrons. The zero-order valence-corrected chi connectivity index (χ0v) is 13.2. The molecule has 0 aliphatic rings. The molecule has 0 saturated carbocycles. The van der Waals surface area contributed by atoms with Gasteiger partial charge >= 0.3 is 0 Å². The molecule has 5 heteroatoms. The third-order valence-corrected chi connectivity index (χ3v) is 4.11. The average Bonchev–Trinajstić information content (AvgIpc) is 2.52. The lowest BCUT2D eigenvalue weighted by Gasteiger charge is -2.10. The van der Waals surface area contributed by atoms with Crippen molar-refractivity contribution in [2.75, 3.05) is 5.32 Å². The molecule has 0 bridgehead atoms. The van der Waals surface area contributed by atoms with Crippen molar-refractivity contribution >= 4 is 45.6 Å². The van der Waals surface area contributed by atoms with E-state index in [9.17, 15) is 4.79 Å². The Balaban J connectivity index is 1.99. The van der Waals surface area contributed by atoms with Gasteiger partial charge in [0.1, 0.15) is 5.69 Å². The summed E-state index contributed by atoms with van der Waals surface area (Å²) in [4.78, 5) is 16.7. The minimum atomic E-state index is -0.321. The van der Waals surface area contributed by atoms with Crippen LogP contribution in [0.3, 0.4) is 0 Å². The Morgan fingerprint density at radius 1 is 1.09 bits per heavy atom. The van der Waals surface area contributed by atoms with Crippen molar-refractivity contribution in [2.24, 2.45) is 0 Å². The van der Waals surface area contributed by atoms with Crippen molar-refractivity contribution in [3.8, 4) is 0 Å². The van der Waals surface area contributed by atoms with E-state index < -0.39 is 0 Å². The molecule has 3 nitrogen and oxygen atoms in total. The molecule has 0 fully saturated rings. The van der Waals surface area contributed by atoms with Gasteiger partial charge in [0.05, 0.1) is 10.7 Å². The van der Waals surface area contributed by atoms with Gasteiger partial charge in [-0.1, -0.05) is 47.5 Å². The molecule has 0 unspecified atom stereocenters. The van der Waals surface area contributed by atoms with Gasteiger partial charge in [0.15, 0.2) is 0 Å². The number of pyridine rings is 1. The molecular weight excluding hydrogens is 319 g/mol. The highest BCUT2D eigenvalue weighted by molar-refractivity contribution is 6.36. The molecule has 1 amide bonds. The van der Waals surface area contributed by atoms with Crippen LogP contribution in [-0.4, -0.2) is 10.9 Å². The highest BCUT2D eigenvalue weighted by Gasteiger charge is 2.14. The molecule has 22 heavy (non-hydrogen) atoms. The van der Waals surface area contributed by atoms with E-state index in [0.29, 0.717) is 21.4 Å². The van der Waals surface area contributed by atoms with Crippen molar-refractivity contribution < 1.29 is 4.79 Å². The van der Waals surface area contributed by atoms with Crippen LogP contribution in [0.1, 0.15) is 16.1 Å². The van der Waals surface area contributed by atoms with Crippen molar-refractivity contribution in [1.29, 1.82) is 0 Å². The smallest absolute Gasteiger partial charge is 0.274 e. The monoisotopic (exact) mass is 330 g/mol. The molecule has 0 aliphatic heterocycles. The van der Waals surface area contributed by atoms with E-state index in [4.69, 9.17) is 23.2 Å². The van der Waals surface area contributed by atoms with E-state index in [0.717, 1.165) is 16.3 Å². The first-order chi connectivity index (χ1) is 10.6. The van der Waals surface area contributed by atoms with E-state index in [2.05, 4.69) is 10.3 Å². The largest absolute Gasteiger partial charge is 0.319 e. The van der Waals surface area contributed by atoms with Crippen molar-refractivity contribution in [3.63, 3.8) is 0 Å². The van der Waals surface area contributed by atoms with Crippen LogP contribution in [0.4, 0.5) is 5.69 Å². The first-order valence-corrected chi connectivity index (χ1v) is 7.42. The van der Waals surface area contributed by atoms with Crippen LogP contribution in [0.15, 0.2) is 48.7 Å². The fourth-order valence-corrected chi connectivity index (χ4v) is 2.65. The number of nitrogens with one attached hydrogen (secondary N) is 1. The van der Waals surface area contributed by atoms with E-state index >= 15 is 0 Å². The van der Waals surface area contributed by atoms with Crippen LogP contribution in [0, 0.1) is 6.92 Å². The molecule has 0 saturated heterocycles. The summed E-state index contributed by atoms with van der Waals surface area (Å²) in [6, 6.07) is 12.8. The lowest BCUT2D eigenvalue weighted by Crippen LogP contribution is -2.14. The minimum absolute atomic E-state index is 0.321. The molecule has 1 N–H and O–H groups in total. The second-order valence-corrected chi connectivity index (χ2v) is 5.73. The zero-order chi connectivity index (χ0) is 15.7. The molecule has 0 atom stereocenters. The fraction of sp³-hybridized carbons (Fsp3) is 0.0588. The summed E-state index contributed by atoms with van der Waals surface area (Å²) in [7, 11) is 0. The van der Waals surface area contributed by atoms with Gasteiger partial charge in [-0.05, 0) is 36.1 Å². The van der Waals surface area contributed by atoms with Gasteiger partial charge in [-0.2, -0.15) is 0 Å². The zero-order valence-electron chi connectivity index (χ0n) is 11.7. The normalized spacial score (nSPS) is 10.7. The Labute approximate surface area is 137 Å². The summed E-state index contributed by atoms with van der Waals surface area (Å²) in [5.74, 6) is -0.321. The molecule has 2 aromatic carbocycles. The lowest BCUT2D eigenvalue weighted by atomic mass is 10.1. The highest BCUT2D eigenvalue weighted by atomic mass is 35.5. The van der Waals surface area contributed by atoms with Gasteiger partial charge in [0.25, 0.3) is 5.91 Å². The maximum atomic E-state index is 12.5. The number of anilines is 1. The van der Waals surface area contributed by atoms with Crippen LogP contribution >= 0.6 is 23.2 Å². The summed E-state index contributed by atoms with van der Waals surface area (Å²) in [6.45, 7) is 1.85. The highest BCUT2D eigenvalue weighted by Crippen LogP contribution is 2.29. The molecule has 1 aromatic heterocycles. The molecule has 3 rings (SSSR count). The van der Waals surface area contributed by atoms with Crippen molar-refractivity contribution in [2.45, 2.75) is 6.92 Å². The maximum absolute atomic E-state index is 12.5. The Morgan fingerprint density at radius 2 is 1.86 bits per heavy atom. The van der Waals surface area contributed by atoms with Gasteiger partial charge in [-0.15, -0.1) is 0 Å². The number of carbonyl (C=O) groups is 1. The fourth-order valence-electron chi connectivity index (χ4n) is 2.22. The summed E-state index contributed by atoms with van der Waals surface area (Å²) in [5, 5.41) is 5.50. The number of rotatable bonds is 2. The number of aryl methyl sites for hydroxylation is 1. The first kappa shape index (κ1) is 14.8. The molecule has 1 heterocycles. The summed E-state index contributed by atoms with van der Waals surface area (Å²) < 4.78 is 0. The second-order valence-electron chi connectivity index (χ2n) is 4.92. The van der Waals surface area contributed by atoms with Crippen molar-refractivity contribution in [1.82, 2.24) is 4.98 Å². The molecule has 110 valence electrons. The summed E-state index contributed by atoms with van der Waals surface area (Å²) in [6.07, 6.45) is 1.61. The maximum Gasteiger partial charge on any atom is 0.274 e. The van der Waals surface area contributed by atoms with Gasteiger partial charge in [0, 0.05) is 16.6 Å². The predicted octanol–water partition coefficient (Wildman–Crippen LogP) is 5.10. The third-order valence-electron chi connectivity index (χ3n) is 3.39. The van der Waals surface area contributed by atoms with Gasteiger partial charge in [0.2, 0.25) is 0 Å². The third kappa shape index (κ3) is 2.78. The standard InChI is InChI=1S/C17H12Cl2N2O/c1-10-8-14(19)15(9-13(10)18)21-17(22)16-12-5-3-2-4-11(12)6-7-20-16/h2-9H,1H3,(H,21,22). The van der Waals surface area contributed by atoms with Crippen LogP contribution in [0.25, 0.3) is 10.8 Å². The lowest BCUT2D eigenvalue weighted by molar-refractivity contribution is 0.102. The van der Waals surface area contributed by atoms with E-state index in [1.165, 1.54) is 0 Å². The quantitative estimate of drug-likeness (QED) is 0.710. The topological polar surface area (TPSA) is 42.0 Å². The van der Waals surface area contributed by atoms with Gasteiger partial charge in [-0.25, -0.2) is 0 Å². The minimum Gasteiger partial charge on any atom is -0.319 e. The number of carbonyl (C=O) groups excluding carboxylic acids is 1. The second kappa shape index (κ2) is 5.95. The average molecular weight is 331 g/mol. The predicted molar refractivity (Wildman–Crippen MR) is 90.9 cm³/mol. The number of aromatic nitrogens is 1. The van der Waals surface area contributed by atoms with Gasteiger partial charge < -0.3 is 5.32 Å². The number of halogens is 2. The molecular formula is C17H12Cl2N2O. The number of fused-ring (bicyclic) bond motifs is 1. The molecule has 0 spiro atoms. The van der Waals surface area contributed by atoms with Gasteiger partial charge in [-0.3, -0.25) is 9.78 Å². The van der Waals surface area contributed by atoms with Crippen LogP contribution in [0.2, 0.25) is 10.0 Å². The SMILES string of the molecule is Cc1cc(Cl)c(NC(=O)c2nccc3ccccc23)cc1Cl. The van der Waals surface area contributed by atoms with Crippen LogP contribution in [-0.2, 0) is 0 Å². The Morgan fingerprint density at radius 3 is 2.68 bits per heavy atom. The van der Waals surface area contributed by atoms with E-state index in [-0.39, 0.29) is 5.91 Å². The summed E-state index contributed by atoms with van der Waals surface area (Å²) in [5.41, 5.74) is 1.68. The Bertz CT molecular complexity index is 872. The molecule has 3 aromatic rings. The van der Waals surface area contributed by atoms with Crippen LogP contribution in [0.5, 0.6) is 0 Å².